The Hall–Kier alpha value is -2.66. The molecule has 0 saturated heterocycles. The molecular formula is C20H23ClN4O. The Kier molecular flexibility index (Phi) is 6.52. The predicted molar refractivity (Wildman–Crippen MR) is 108 cm³/mol. The highest BCUT2D eigenvalue weighted by Gasteiger charge is 2.20. The van der Waals surface area contributed by atoms with Gasteiger partial charge >= 0.3 is 0 Å². The topological polar surface area (TPSA) is 58.1 Å². The number of pyridine rings is 2. The van der Waals surface area contributed by atoms with E-state index in [4.69, 9.17) is 0 Å². The summed E-state index contributed by atoms with van der Waals surface area (Å²) in [5.74, 6) is -0.0293. The van der Waals surface area contributed by atoms with Crippen LogP contribution in [0.5, 0.6) is 0 Å². The van der Waals surface area contributed by atoms with Crippen molar-refractivity contribution in [2.24, 2.45) is 0 Å². The third kappa shape index (κ3) is 3.94. The van der Waals surface area contributed by atoms with Crippen LogP contribution >= 0.6 is 12.4 Å². The molecule has 1 N–H and O–H groups in total. The zero-order chi connectivity index (χ0) is 17.8. The highest BCUT2D eigenvalue weighted by Crippen LogP contribution is 2.29. The number of anilines is 2. The van der Waals surface area contributed by atoms with E-state index in [1.54, 1.807) is 11.1 Å². The lowest BCUT2D eigenvalue weighted by Gasteiger charge is -2.21. The Bertz CT molecular complexity index is 895. The molecule has 0 saturated carbocycles. The normalized spacial score (nSPS) is 10.3. The minimum Gasteiger partial charge on any atom is -0.354 e. The number of nitrogens with zero attached hydrogens (tertiary/aromatic N) is 3. The number of amides is 1. The summed E-state index contributed by atoms with van der Waals surface area (Å²) >= 11 is 0. The lowest BCUT2D eigenvalue weighted by Crippen LogP contribution is -2.31. The molecule has 2 heterocycles. The minimum atomic E-state index is -0.0293. The van der Waals surface area contributed by atoms with Crippen LogP contribution in [0.3, 0.4) is 0 Å². The molecule has 0 bridgehead atoms. The summed E-state index contributed by atoms with van der Waals surface area (Å²) in [6.07, 6.45) is 1.63. The number of rotatable bonds is 5. The van der Waals surface area contributed by atoms with Crippen molar-refractivity contribution in [2.75, 3.05) is 18.4 Å². The molecule has 0 unspecified atom stereocenters. The van der Waals surface area contributed by atoms with Crippen molar-refractivity contribution in [3.8, 4) is 0 Å². The van der Waals surface area contributed by atoms with E-state index in [1.807, 2.05) is 63.2 Å². The highest BCUT2D eigenvalue weighted by atomic mass is 35.5. The van der Waals surface area contributed by atoms with Gasteiger partial charge in [-0.15, -0.1) is 12.4 Å². The van der Waals surface area contributed by atoms with Crippen molar-refractivity contribution in [1.29, 1.82) is 0 Å². The number of carbonyl (C=O) groups excluding carboxylic acids is 1. The predicted octanol–water partition coefficient (Wildman–Crippen LogP) is 4.59. The molecule has 0 radical (unpaired) electrons. The van der Waals surface area contributed by atoms with E-state index < -0.39 is 0 Å². The Morgan fingerprint density at radius 1 is 1.08 bits per heavy atom. The number of nitrogens with one attached hydrogen (secondary N) is 1. The summed E-state index contributed by atoms with van der Waals surface area (Å²) in [6.45, 7) is 7.20. The lowest BCUT2D eigenvalue weighted by atomic mass is 10.1. The number of aromatic nitrogens is 2. The second-order valence-electron chi connectivity index (χ2n) is 5.84. The van der Waals surface area contributed by atoms with E-state index in [0.717, 1.165) is 22.5 Å². The molecule has 6 heteroatoms. The molecule has 0 spiro atoms. The van der Waals surface area contributed by atoms with Crippen LogP contribution in [0.25, 0.3) is 11.0 Å². The van der Waals surface area contributed by atoms with Crippen LogP contribution in [0, 0.1) is 6.92 Å². The van der Waals surface area contributed by atoms with Crippen molar-refractivity contribution < 1.29 is 4.79 Å². The highest BCUT2D eigenvalue weighted by molar-refractivity contribution is 6.07. The maximum absolute atomic E-state index is 13.0. The van der Waals surface area contributed by atoms with Crippen LogP contribution in [0.15, 0.2) is 48.7 Å². The van der Waals surface area contributed by atoms with Crippen LogP contribution in [0.2, 0.25) is 0 Å². The summed E-state index contributed by atoms with van der Waals surface area (Å²) in [4.78, 5) is 23.7. The van der Waals surface area contributed by atoms with Crippen molar-refractivity contribution in [2.45, 2.75) is 20.8 Å². The van der Waals surface area contributed by atoms with Crippen molar-refractivity contribution in [1.82, 2.24) is 14.9 Å². The van der Waals surface area contributed by atoms with Crippen LogP contribution in [0.4, 0.5) is 11.4 Å². The molecule has 2 aromatic heterocycles. The van der Waals surface area contributed by atoms with Gasteiger partial charge in [0.05, 0.1) is 11.3 Å². The molecule has 0 aliphatic carbocycles. The molecule has 1 aromatic carbocycles. The quantitative estimate of drug-likeness (QED) is 0.713. The number of para-hydroxylation sites is 1. The molecule has 1 amide bonds. The zero-order valence-corrected chi connectivity index (χ0v) is 16.0. The molecule has 0 aliphatic heterocycles. The Balaban J connectivity index is 0.00000243. The minimum absolute atomic E-state index is 0. The van der Waals surface area contributed by atoms with E-state index >= 15 is 0 Å². The average molecular weight is 371 g/mol. The first-order valence-electron chi connectivity index (χ1n) is 8.51. The lowest BCUT2D eigenvalue weighted by molar-refractivity contribution is 0.0774. The number of carbonyl (C=O) groups is 1. The van der Waals surface area contributed by atoms with Gasteiger partial charge in [0.15, 0.2) is 5.65 Å². The molecule has 3 aromatic rings. The van der Waals surface area contributed by atoms with Crippen LogP contribution in [-0.4, -0.2) is 33.9 Å². The molecule has 5 nitrogen and oxygen atoms in total. The first-order valence-corrected chi connectivity index (χ1v) is 8.51. The van der Waals surface area contributed by atoms with Gasteiger partial charge in [-0.25, -0.2) is 9.97 Å². The fourth-order valence-corrected chi connectivity index (χ4v) is 2.82. The average Bonchev–Trinajstić information content (AvgIpc) is 2.63. The zero-order valence-electron chi connectivity index (χ0n) is 15.2. The first kappa shape index (κ1) is 19.7. The Morgan fingerprint density at radius 2 is 1.77 bits per heavy atom. The van der Waals surface area contributed by atoms with Crippen molar-refractivity contribution in [3.05, 3.63) is 59.9 Å². The van der Waals surface area contributed by atoms with Gasteiger partial charge in [0.2, 0.25) is 0 Å². The summed E-state index contributed by atoms with van der Waals surface area (Å²) in [5.41, 5.74) is 3.76. The van der Waals surface area contributed by atoms with Gasteiger partial charge in [-0.3, -0.25) is 4.79 Å². The molecule has 0 fully saturated rings. The fourth-order valence-electron chi connectivity index (χ4n) is 2.82. The second-order valence-corrected chi connectivity index (χ2v) is 5.84. The number of benzene rings is 1. The maximum Gasteiger partial charge on any atom is 0.257 e. The summed E-state index contributed by atoms with van der Waals surface area (Å²) < 4.78 is 0. The van der Waals surface area contributed by atoms with Crippen molar-refractivity contribution >= 4 is 40.7 Å². The summed E-state index contributed by atoms with van der Waals surface area (Å²) in [6, 6.07) is 13.7. The van der Waals surface area contributed by atoms with E-state index in [-0.39, 0.29) is 18.3 Å². The van der Waals surface area contributed by atoms with Crippen LogP contribution in [0.1, 0.15) is 29.9 Å². The number of hydrogen-bond acceptors (Lipinski definition) is 4. The number of hydrogen-bond donors (Lipinski definition) is 1. The summed E-state index contributed by atoms with van der Waals surface area (Å²) in [7, 11) is 0. The third-order valence-electron chi connectivity index (χ3n) is 4.19. The molecule has 0 atom stereocenters. The van der Waals surface area contributed by atoms with E-state index in [0.29, 0.717) is 24.3 Å². The van der Waals surface area contributed by atoms with Gasteiger partial charge in [-0.1, -0.05) is 18.2 Å². The molecule has 0 aliphatic rings. The SMILES string of the molecule is CCN(CC)C(=O)c1cnc2nc(C)ccc2c1Nc1ccccc1.Cl. The van der Waals surface area contributed by atoms with E-state index in [2.05, 4.69) is 15.3 Å². The standard InChI is InChI=1S/C20H22N4O.ClH/c1-4-24(5-2)20(25)17-13-21-19-16(12-11-14(3)22-19)18(17)23-15-9-7-6-8-10-15;/h6-13H,4-5H2,1-3H3,(H,21,22,23);1H. The Labute approximate surface area is 159 Å². The molecule has 136 valence electrons. The Morgan fingerprint density at radius 3 is 2.42 bits per heavy atom. The number of aryl methyl sites for hydroxylation is 1. The van der Waals surface area contributed by atoms with E-state index in [1.165, 1.54) is 0 Å². The van der Waals surface area contributed by atoms with E-state index in [9.17, 15) is 4.79 Å². The number of halogens is 1. The monoisotopic (exact) mass is 370 g/mol. The molecular weight excluding hydrogens is 348 g/mol. The van der Waals surface area contributed by atoms with Crippen molar-refractivity contribution in [3.63, 3.8) is 0 Å². The van der Waals surface area contributed by atoms with Gasteiger partial charge in [-0.05, 0) is 45.0 Å². The van der Waals surface area contributed by atoms with Gasteiger partial charge in [-0.2, -0.15) is 0 Å². The van der Waals surface area contributed by atoms with Gasteiger partial charge in [0, 0.05) is 36.1 Å². The summed E-state index contributed by atoms with van der Waals surface area (Å²) in [5, 5.41) is 4.23. The smallest absolute Gasteiger partial charge is 0.257 e. The molecule has 26 heavy (non-hydrogen) atoms. The van der Waals surface area contributed by atoms with Crippen LogP contribution in [-0.2, 0) is 0 Å². The van der Waals surface area contributed by atoms with Gasteiger partial charge in [0.25, 0.3) is 5.91 Å². The van der Waals surface area contributed by atoms with Crippen LogP contribution < -0.4 is 5.32 Å². The van der Waals surface area contributed by atoms with Gasteiger partial charge in [0.1, 0.15) is 0 Å². The molecule has 3 rings (SSSR count). The largest absolute Gasteiger partial charge is 0.354 e. The second kappa shape index (κ2) is 8.63. The number of fused-ring (bicyclic) bond motifs is 1. The fraction of sp³-hybridized carbons (Fsp3) is 0.250. The maximum atomic E-state index is 13.0. The first-order chi connectivity index (χ1) is 12.1. The third-order valence-corrected chi connectivity index (χ3v) is 4.19. The van der Waals surface area contributed by atoms with Gasteiger partial charge < -0.3 is 10.2 Å².